The fourth-order valence-electron chi connectivity index (χ4n) is 4.07. The van der Waals surface area contributed by atoms with Crippen molar-refractivity contribution in [3.8, 4) is 11.1 Å². The van der Waals surface area contributed by atoms with Crippen LogP contribution in [0.4, 0.5) is 0 Å². The van der Waals surface area contributed by atoms with E-state index in [1.807, 2.05) is 50.4 Å². The Morgan fingerprint density at radius 2 is 2.03 bits per heavy atom. The zero-order chi connectivity index (χ0) is 21.8. The van der Waals surface area contributed by atoms with Crippen molar-refractivity contribution in [2.45, 2.75) is 51.2 Å². The minimum atomic E-state index is -1.07. The largest absolute Gasteiger partial charge is 0.361 e. The number of aromatic nitrogens is 1. The molecule has 6 heteroatoms. The SMILES string of the molecule is CC(C)CC(=O)N1CCO[C@](Cc2cccc(-c3cccnc3)c2)(C(=O)NC2CC2)C1. The minimum absolute atomic E-state index is 0.0889. The Labute approximate surface area is 184 Å². The molecule has 4 rings (SSSR count). The highest BCUT2D eigenvalue weighted by Gasteiger charge is 2.46. The van der Waals surface area contributed by atoms with Crippen molar-refractivity contribution < 1.29 is 14.3 Å². The molecule has 1 aromatic heterocycles. The van der Waals surface area contributed by atoms with Gasteiger partial charge in [0.05, 0.1) is 13.2 Å². The molecule has 1 saturated carbocycles. The number of nitrogens with zero attached hydrogens (tertiary/aromatic N) is 2. The third kappa shape index (κ3) is 5.31. The quantitative estimate of drug-likeness (QED) is 0.745. The number of ether oxygens (including phenoxy) is 1. The summed E-state index contributed by atoms with van der Waals surface area (Å²) in [6, 6.07) is 12.3. The van der Waals surface area contributed by atoms with E-state index in [0.717, 1.165) is 29.5 Å². The van der Waals surface area contributed by atoms with Crippen LogP contribution in [0.1, 0.15) is 38.7 Å². The molecule has 2 heterocycles. The second kappa shape index (κ2) is 9.18. The van der Waals surface area contributed by atoms with Crippen LogP contribution in [0.25, 0.3) is 11.1 Å². The number of carbonyl (C=O) groups excluding carboxylic acids is 2. The highest BCUT2D eigenvalue weighted by Crippen LogP contribution is 2.29. The molecular weight excluding hydrogens is 390 g/mol. The summed E-state index contributed by atoms with van der Waals surface area (Å²) >= 11 is 0. The topological polar surface area (TPSA) is 71.5 Å². The van der Waals surface area contributed by atoms with Crippen LogP contribution in [0, 0.1) is 5.92 Å². The van der Waals surface area contributed by atoms with E-state index in [1.165, 1.54) is 0 Å². The summed E-state index contributed by atoms with van der Waals surface area (Å²) in [6.45, 7) is 5.25. The van der Waals surface area contributed by atoms with Crippen LogP contribution in [0.15, 0.2) is 48.8 Å². The monoisotopic (exact) mass is 421 g/mol. The molecule has 0 bridgehead atoms. The van der Waals surface area contributed by atoms with Gasteiger partial charge in [-0.25, -0.2) is 0 Å². The lowest BCUT2D eigenvalue weighted by Gasteiger charge is -2.42. The molecular formula is C25H31N3O3. The third-order valence-electron chi connectivity index (χ3n) is 5.86. The molecule has 2 aliphatic rings. The van der Waals surface area contributed by atoms with Gasteiger partial charge in [-0.3, -0.25) is 14.6 Å². The molecule has 1 aliphatic heterocycles. The van der Waals surface area contributed by atoms with Crippen molar-refractivity contribution in [1.82, 2.24) is 15.2 Å². The van der Waals surface area contributed by atoms with Gasteiger partial charge < -0.3 is 15.0 Å². The fraction of sp³-hybridized carbons (Fsp3) is 0.480. The summed E-state index contributed by atoms with van der Waals surface area (Å²) in [7, 11) is 0. The van der Waals surface area contributed by atoms with Gasteiger partial charge in [-0.2, -0.15) is 0 Å². The first-order valence-corrected chi connectivity index (χ1v) is 11.2. The van der Waals surface area contributed by atoms with E-state index in [-0.39, 0.29) is 30.3 Å². The second-order valence-electron chi connectivity index (χ2n) is 9.12. The molecule has 2 fully saturated rings. The van der Waals surface area contributed by atoms with Crippen molar-refractivity contribution in [2.75, 3.05) is 19.7 Å². The van der Waals surface area contributed by atoms with E-state index in [1.54, 1.807) is 11.1 Å². The van der Waals surface area contributed by atoms with Crippen LogP contribution < -0.4 is 5.32 Å². The van der Waals surface area contributed by atoms with Crippen molar-refractivity contribution in [3.05, 3.63) is 54.4 Å². The zero-order valence-electron chi connectivity index (χ0n) is 18.3. The molecule has 1 aliphatic carbocycles. The molecule has 2 amide bonds. The first-order chi connectivity index (χ1) is 14.9. The smallest absolute Gasteiger partial charge is 0.254 e. The van der Waals surface area contributed by atoms with Crippen LogP contribution in [-0.2, 0) is 20.7 Å². The van der Waals surface area contributed by atoms with Crippen LogP contribution in [0.5, 0.6) is 0 Å². The van der Waals surface area contributed by atoms with Crippen molar-refractivity contribution in [3.63, 3.8) is 0 Å². The maximum Gasteiger partial charge on any atom is 0.254 e. The number of hydrogen-bond acceptors (Lipinski definition) is 4. The lowest BCUT2D eigenvalue weighted by molar-refractivity contribution is -0.166. The first-order valence-electron chi connectivity index (χ1n) is 11.2. The Bertz CT molecular complexity index is 927. The zero-order valence-corrected chi connectivity index (χ0v) is 18.3. The van der Waals surface area contributed by atoms with Crippen LogP contribution in [0.2, 0.25) is 0 Å². The van der Waals surface area contributed by atoms with Gasteiger partial charge in [0.1, 0.15) is 0 Å². The van der Waals surface area contributed by atoms with Crippen molar-refractivity contribution in [1.29, 1.82) is 0 Å². The fourth-order valence-corrected chi connectivity index (χ4v) is 4.07. The molecule has 2 aromatic rings. The van der Waals surface area contributed by atoms with Gasteiger partial charge in [-0.15, -0.1) is 0 Å². The maximum atomic E-state index is 13.3. The average Bonchev–Trinajstić information content (AvgIpc) is 3.58. The van der Waals surface area contributed by atoms with Gasteiger partial charge in [-0.05, 0) is 41.5 Å². The highest BCUT2D eigenvalue weighted by molar-refractivity contribution is 5.88. The van der Waals surface area contributed by atoms with Gasteiger partial charge >= 0.3 is 0 Å². The predicted octanol–water partition coefficient (Wildman–Crippen LogP) is 3.21. The number of benzene rings is 1. The lowest BCUT2D eigenvalue weighted by atomic mass is 9.89. The van der Waals surface area contributed by atoms with Gasteiger partial charge in [0.25, 0.3) is 5.91 Å². The number of carbonyl (C=O) groups is 2. The van der Waals surface area contributed by atoms with E-state index < -0.39 is 5.60 Å². The summed E-state index contributed by atoms with van der Waals surface area (Å²) in [5.74, 6) is 0.260. The Balaban J connectivity index is 1.59. The number of nitrogens with one attached hydrogen (secondary N) is 1. The Kier molecular flexibility index (Phi) is 6.37. The average molecular weight is 422 g/mol. The molecule has 0 unspecified atom stereocenters. The van der Waals surface area contributed by atoms with E-state index in [9.17, 15) is 9.59 Å². The minimum Gasteiger partial charge on any atom is -0.361 e. The van der Waals surface area contributed by atoms with E-state index in [0.29, 0.717) is 26.0 Å². The summed E-state index contributed by atoms with van der Waals surface area (Å²) in [6.07, 6.45) is 6.51. The molecule has 6 nitrogen and oxygen atoms in total. The van der Waals surface area contributed by atoms with Gasteiger partial charge in [0.2, 0.25) is 5.91 Å². The Morgan fingerprint density at radius 1 is 1.23 bits per heavy atom. The molecule has 1 N–H and O–H groups in total. The number of morpholine rings is 1. The van der Waals surface area contributed by atoms with Crippen molar-refractivity contribution >= 4 is 11.8 Å². The number of pyridine rings is 1. The summed E-state index contributed by atoms with van der Waals surface area (Å²) in [5.41, 5.74) is 2.01. The Hall–Kier alpha value is -2.73. The molecule has 0 radical (unpaired) electrons. The third-order valence-corrected chi connectivity index (χ3v) is 5.86. The molecule has 1 atom stereocenters. The predicted molar refractivity (Wildman–Crippen MR) is 119 cm³/mol. The van der Waals surface area contributed by atoms with Crippen LogP contribution in [0.3, 0.4) is 0 Å². The van der Waals surface area contributed by atoms with Crippen molar-refractivity contribution in [2.24, 2.45) is 5.92 Å². The summed E-state index contributed by atoms with van der Waals surface area (Å²) in [5, 5.41) is 3.12. The highest BCUT2D eigenvalue weighted by atomic mass is 16.5. The molecule has 1 saturated heterocycles. The van der Waals surface area contributed by atoms with Gasteiger partial charge in [0, 0.05) is 37.8 Å². The maximum absolute atomic E-state index is 13.3. The van der Waals surface area contributed by atoms with E-state index in [4.69, 9.17) is 4.74 Å². The molecule has 1 aromatic carbocycles. The summed E-state index contributed by atoms with van der Waals surface area (Å²) < 4.78 is 6.17. The van der Waals surface area contributed by atoms with Crippen LogP contribution in [-0.4, -0.2) is 53.0 Å². The van der Waals surface area contributed by atoms with Crippen LogP contribution >= 0.6 is 0 Å². The lowest BCUT2D eigenvalue weighted by Crippen LogP contribution is -2.62. The normalized spacial score (nSPS) is 21.2. The number of hydrogen-bond donors (Lipinski definition) is 1. The van der Waals surface area contributed by atoms with E-state index in [2.05, 4.69) is 16.4 Å². The molecule has 0 spiro atoms. The number of amides is 2. The standard InChI is InChI=1S/C25H31N3O3/c1-18(2)13-23(29)28-11-12-31-25(17-28,24(30)27-22-8-9-22)15-19-5-3-6-20(14-19)21-7-4-10-26-16-21/h3-7,10,14,16,18,22H,8-9,11-13,15,17H2,1-2H3,(H,27,30)/t25-/m0/s1. The number of rotatable bonds is 7. The first kappa shape index (κ1) is 21.5. The molecule has 31 heavy (non-hydrogen) atoms. The van der Waals surface area contributed by atoms with E-state index >= 15 is 0 Å². The Morgan fingerprint density at radius 3 is 2.74 bits per heavy atom. The second-order valence-corrected chi connectivity index (χ2v) is 9.12. The van der Waals surface area contributed by atoms with Gasteiger partial charge in [-0.1, -0.05) is 44.2 Å². The summed E-state index contributed by atoms with van der Waals surface area (Å²) in [4.78, 5) is 32.1. The van der Waals surface area contributed by atoms with Gasteiger partial charge in [0.15, 0.2) is 5.60 Å². The molecule has 164 valence electrons.